The fourth-order valence-electron chi connectivity index (χ4n) is 3.17. The summed E-state index contributed by atoms with van der Waals surface area (Å²) in [5, 5.41) is 10.1. The molecule has 0 saturated carbocycles. The number of β-amino-alcohol motifs (C(OH)–C–C–N with tert-alkyl or cyclic N) is 1. The van der Waals surface area contributed by atoms with Crippen molar-refractivity contribution in [2.75, 3.05) is 59.2 Å². The molecule has 20 heavy (non-hydrogen) atoms. The lowest BCUT2D eigenvalue weighted by Crippen LogP contribution is -2.51. The van der Waals surface area contributed by atoms with Gasteiger partial charge < -0.3 is 14.6 Å². The highest BCUT2D eigenvalue weighted by molar-refractivity contribution is 4.82. The van der Waals surface area contributed by atoms with Crippen LogP contribution in [-0.4, -0.2) is 86.2 Å². The zero-order valence-corrected chi connectivity index (χ0v) is 12.8. The zero-order valence-electron chi connectivity index (χ0n) is 12.8. The number of hydrogen-bond donors (Lipinski definition) is 1. The predicted octanol–water partition coefficient (Wildman–Crippen LogP) is 0.571. The van der Waals surface area contributed by atoms with Crippen LogP contribution in [0, 0.1) is 0 Å². The third-order valence-electron chi connectivity index (χ3n) is 4.28. The number of likely N-dealkylation sites (tertiary alicyclic amines) is 1. The zero-order chi connectivity index (χ0) is 14.2. The molecule has 0 aromatic heterocycles. The molecule has 2 rings (SSSR count). The lowest BCUT2D eigenvalue weighted by molar-refractivity contribution is -0.0119. The molecular weight excluding hydrogens is 256 g/mol. The second-order valence-electron chi connectivity index (χ2n) is 5.87. The van der Waals surface area contributed by atoms with Gasteiger partial charge in [-0.25, -0.2) is 0 Å². The van der Waals surface area contributed by atoms with Crippen molar-refractivity contribution >= 4 is 0 Å². The van der Waals surface area contributed by atoms with E-state index < -0.39 is 0 Å². The lowest BCUT2D eigenvalue weighted by atomic mass is 10.0. The second-order valence-corrected chi connectivity index (χ2v) is 5.87. The Morgan fingerprint density at radius 1 is 1.25 bits per heavy atom. The van der Waals surface area contributed by atoms with Gasteiger partial charge in [0.25, 0.3) is 0 Å². The summed E-state index contributed by atoms with van der Waals surface area (Å²) in [5.41, 5.74) is 0. The molecule has 2 saturated heterocycles. The summed E-state index contributed by atoms with van der Waals surface area (Å²) in [6.07, 6.45) is 3.45. The fourth-order valence-corrected chi connectivity index (χ4v) is 3.17. The molecule has 0 aromatic rings. The molecule has 2 fully saturated rings. The van der Waals surface area contributed by atoms with Crippen molar-refractivity contribution in [3.8, 4) is 0 Å². The van der Waals surface area contributed by atoms with Crippen molar-refractivity contribution in [1.29, 1.82) is 0 Å². The Balaban J connectivity index is 1.78. The lowest BCUT2D eigenvalue weighted by Gasteiger charge is -2.40. The minimum Gasteiger partial charge on any atom is -0.389 e. The van der Waals surface area contributed by atoms with Gasteiger partial charge >= 0.3 is 0 Å². The number of hydrogen-bond acceptors (Lipinski definition) is 5. The van der Waals surface area contributed by atoms with E-state index in [1.165, 1.54) is 19.3 Å². The topological polar surface area (TPSA) is 45.2 Å². The maximum atomic E-state index is 10.1. The first kappa shape index (κ1) is 16.2. The molecular formula is C15H30N2O3. The van der Waals surface area contributed by atoms with Gasteiger partial charge in [-0.1, -0.05) is 6.42 Å². The SMILES string of the molecule is CCOC[C@H](O)CN1CCCC[C@H]1CN1CCOCC1. The number of nitrogens with zero attached hydrogens (tertiary/aromatic N) is 2. The van der Waals surface area contributed by atoms with Crippen LogP contribution in [0.3, 0.4) is 0 Å². The smallest absolute Gasteiger partial charge is 0.0900 e. The third-order valence-corrected chi connectivity index (χ3v) is 4.28. The molecule has 0 unspecified atom stereocenters. The molecule has 5 nitrogen and oxygen atoms in total. The normalized spacial score (nSPS) is 27.6. The third kappa shape index (κ3) is 5.30. The van der Waals surface area contributed by atoms with Crippen molar-refractivity contribution in [3.05, 3.63) is 0 Å². The number of morpholine rings is 1. The van der Waals surface area contributed by atoms with E-state index in [0.29, 0.717) is 19.3 Å². The highest BCUT2D eigenvalue weighted by Gasteiger charge is 2.26. The fraction of sp³-hybridized carbons (Fsp3) is 1.00. The molecule has 2 aliphatic rings. The maximum Gasteiger partial charge on any atom is 0.0900 e. The molecule has 0 radical (unpaired) electrons. The van der Waals surface area contributed by atoms with E-state index in [2.05, 4.69) is 9.80 Å². The van der Waals surface area contributed by atoms with Crippen LogP contribution in [0.25, 0.3) is 0 Å². The molecule has 1 N–H and O–H groups in total. The van der Waals surface area contributed by atoms with Gasteiger partial charge in [0.2, 0.25) is 0 Å². The summed E-state index contributed by atoms with van der Waals surface area (Å²) in [4.78, 5) is 4.96. The Morgan fingerprint density at radius 3 is 2.80 bits per heavy atom. The first-order valence-electron chi connectivity index (χ1n) is 8.09. The monoisotopic (exact) mass is 286 g/mol. The van der Waals surface area contributed by atoms with Crippen molar-refractivity contribution in [1.82, 2.24) is 9.80 Å². The van der Waals surface area contributed by atoms with E-state index in [9.17, 15) is 5.11 Å². The Morgan fingerprint density at radius 2 is 2.05 bits per heavy atom. The summed E-state index contributed by atoms with van der Waals surface area (Å²) in [6.45, 7) is 9.88. The van der Waals surface area contributed by atoms with Crippen molar-refractivity contribution in [3.63, 3.8) is 0 Å². The Bertz CT molecular complexity index is 260. The van der Waals surface area contributed by atoms with E-state index in [1.54, 1.807) is 0 Å². The molecule has 118 valence electrons. The van der Waals surface area contributed by atoms with Crippen molar-refractivity contribution in [2.24, 2.45) is 0 Å². The van der Waals surface area contributed by atoms with Crippen molar-refractivity contribution in [2.45, 2.75) is 38.3 Å². The molecule has 2 heterocycles. The molecule has 0 spiro atoms. The van der Waals surface area contributed by atoms with Gasteiger partial charge in [-0.15, -0.1) is 0 Å². The summed E-state index contributed by atoms with van der Waals surface area (Å²) < 4.78 is 10.7. The minimum atomic E-state index is -0.361. The van der Waals surface area contributed by atoms with Crippen LogP contribution < -0.4 is 0 Å². The number of aliphatic hydroxyl groups is 1. The Hall–Kier alpha value is -0.200. The Labute approximate surface area is 122 Å². The van der Waals surface area contributed by atoms with Gasteiger partial charge in [-0.2, -0.15) is 0 Å². The molecule has 0 bridgehead atoms. The van der Waals surface area contributed by atoms with Gasteiger partial charge in [-0.3, -0.25) is 9.80 Å². The van der Waals surface area contributed by atoms with Crippen LogP contribution in [0.2, 0.25) is 0 Å². The predicted molar refractivity (Wildman–Crippen MR) is 79.0 cm³/mol. The van der Waals surface area contributed by atoms with Crippen LogP contribution in [0.5, 0.6) is 0 Å². The van der Waals surface area contributed by atoms with Crippen LogP contribution in [0.1, 0.15) is 26.2 Å². The maximum absolute atomic E-state index is 10.1. The van der Waals surface area contributed by atoms with Gasteiger partial charge in [0.15, 0.2) is 0 Å². The van der Waals surface area contributed by atoms with Gasteiger partial charge in [-0.05, 0) is 26.3 Å². The Kier molecular flexibility index (Phi) is 7.24. The van der Waals surface area contributed by atoms with Gasteiger partial charge in [0.05, 0.1) is 25.9 Å². The molecule has 5 heteroatoms. The summed E-state index contributed by atoms with van der Waals surface area (Å²) in [7, 11) is 0. The van der Waals surface area contributed by atoms with E-state index in [4.69, 9.17) is 9.47 Å². The molecule has 0 aromatic carbocycles. The number of ether oxygens (including phenoxy) is 2. The van der Waals surface area contributed by atoms with E-state index >= 15 is 0 Å². The van der Waals surface area contributed by atoms with E-state index in [0.717, 1.165) is 45.9 Å². The van der Waals surface area contributed by atoms with Crippen LogP contribution in [0.15, 0.2) is 0 Å². The van der Waals surface area contributed by atoms with Crippen molar-refractivity contribution < 1.29 is 14.6 Å². The van der Waals surface area contributed by atoms with Crippen LogP contribution in [-0.2, 0) is 9.47 Å². The molecule has 0 amide bonds. The first-order valence-corrected chi connectivity index (χ1v) is 8.09. The first-order chi connectivity index (χ1) is 9.79. The molecule has 0 aliphatic carbocycles. The largest absolute Gasteiger partial charge is 0.389 e. The summed E-state index contributed by atoms with van der Waals surface area (Å²) >= 11 is 0. The minimum absolute atomic E-state index is 0.361. The van der Waals surface area contributed by atoms with Crippen LogP contribution >= 0.6 is 0 Å². The summed E-state index contributed by atoms with van der Waals surface area (Å²) in [5.74, 6) is 0. The number of piperidine rings is 1. The highest BCUT2D eigenvalue weighted by Crippen LogP contribution is 2.19. The molecule has 2 aliphatic heterocycles. The highest BCUT2D eigenvalue weighted by atomic mass is 16.5. The second kappa shape index (κ2) is 8.95. The quantitative estimate of drug-likeness (QED) is 0.741. The number of rotatable bonds is 7. The van der Waals surface area contributed by atoms with Crippen LogP contribution in [0.4, 0.5) is 0 Å². The number of aliphatic hydroxyl groups excluding tert-OH is 1. The van der Waals surface area contributed by atoms with E-state index in [-0.39, 0.29) is 6.10 Å². The summed E-state index contributed by atoms with van der Waals surface area (Å²) in [6, 6.07) is 0.582. The average Bonchev–Trinajstić information content (AvgIpc) is 2.48. The van der Waals surface area contributed by atoms with E-state index in [1.807, 2.05) is 6.92 Å². The van der Waals surface area contributed by atoms with Gasteiger partial charge in [0, 0.05) is 38.8 Å². The molecule has 2 atom stereocenters. The average molecular weight is 286 g/mol. The standard InChI is InChI=1S/C15H30N2O3/c1-2-19-13-15(18)12-17-6-4-3-5-14(17)11-16-7-9-20-10-8-16/h14-15,18H,2-13H2,1H3/t14-,15+/m0/s1. The van der Waals surface area contributed by atoms with Gasteiger partial charge in [0.1, 0.15) is 0 Å².